The van der Waals surface area contributed by atoms with Crippen LogP contribution >= 0.6 is 0 Å². The van der Waals surface area contributed by atoms with Crippen molar-refractivity contribution in [3.63, 3.8) is 0 Å². The van der Waals surface area contributed by atoms with Crippen LogP contribution in [0, 0.1) is 0 Å². The molecular formula is C12H12N2O2. The molecule has 0 aliphatic heterocycles. The van der Waals surface area contributed by atoms with Gasteiger partial charge in [0.2, 0.25) is 11.3 Å². The van der Waals surface area contributed by atoms with Crippen molar-refractivity contribution in [2.45, 2.75) is 13.3 Å². The molecule has 0 bridgehead atoms. The summed E-state index contributed by atoms with van der Waals surface area (Å²) >= 11 is 0. The molecule has 82 valence electrons. The van der Waals surface area contributed by atoms with Crippen LogP contribution in [0.2, 0.25) is 0 Å². The molecule has 2 N–H and O–H groups in total. The number of amides is 1. The van der Waals surface area contributed by atoms with Gasteiger partial charge >= 0.3 is 0 Å². The molecule has 0 aliphatic carbocycles. The van der Waals surface area contributed by atoms with E-state index in [0.717, 1.165) is 5.52 Å². The largest absolute Gasteiger partial charge is 0.359 e. The normalized spacial score (nSPS) is 10.3. The van der Waals surface area contributed by atoms with Crippen LogP contribution in [0.4, 0.5) is 5.69 Å². The molecule has 0 atom stereocenters. The summed E-state index contributed by atoms with van der Waals surface area (Å²) in [6.45, 7) is 1.74. The number of carbonyl (C=O) groups excluding carboxylic acids is 1. The lowest BCUT2D eigenvalue weighted by atomic mass is 10.2. The standard InChI is InChI=1S/C12H12N2O2/c1-2-11(15)14-10-7-13-9-6-4-3-5-8(9)12(10)16/h3-7H,2H2,1H3,(H,13,16)(H,14,15). The van der Waals surface area contributed by atoms with Crippen molar-refractivity contribution in [2.24, 2.45) is 0 Å². The molecule has 0 fully saturated rings. The van der Waals surface area contributed by atoms with Crippen LogP contribution in [0.25, 0.3) is 10.9 Å². The van der Waals surface area contributed by atoms with Gasteiger partial charge in [-0.15, -0.1) is 0 Å². The van der Waals surface area contributed by atoms with E-state index in [1.165, 1.54) is 6.20 Å². The predicted octanol–water partition coefficient (Wildman–Crippen LogP) is 1.88. The van der Waals surface area contributed by atoms with Gasteiger partial charge in [-0.25, -0.2) is 0 Å². The second-order valence-corrected chi connectivity index (χ2v) is 3.48. The number of hydrogen-bond acceptors (Lipinski definition) is 2. The van der Waals surface area contributed by atoms with E-state index in [-0.39, 0.29) is 11.3 Å². The maximum absolute atomic E-state index is 11.9. The molecule has 0 saturated heterocycles. The molecule has 16 heavy (non-hydrogen) atoms. The highest BCUT2D eigenvalue weighted by Crippen LogP contribution is 2.09. The van der Waals surface area contributed by atoms with Crippen molar-refractivity contribution in [3.05, 3.63) is 40.7 Å². The first kappa shape index (κ1) is 10.4. The molecule has 0 spiro atoms. The third-order valence-electron chi connectivity index (χ3n) is 2.38. The molecule has 1 aromatic heterocycles. The van der Waals surface area contributed by atoms with Gasteiger partial charge in [-0.05, 0) is 12.1 Å². The minimum absolute atomic E-state index is 0.156. The summed E-state index contributed by atoms with van der Waals surface area (Å²) in [5.41, 5.74) is 0.906. The monoisotopic (exact) mass is 216 g/mol. The van der Waals surface area contributed by atoms with Gasteiger partial charge in [-0.3, -0.25) is 9.59 Å². The fourth-order valence-electron chi connectivity index (χ4n) is 1.50. The van der Waals surface area contributed by atoms with E-state index in [0.29, 0.717) is 17.5 Å². The Morgan fingerprint density at radius 1 is 1.38 bits per heavy atom. The first-order valence-electron chi connectivity index (χ1n) is 5.12. The zero-order valence-electron chi connectivity index (χ0n) is 8.91. The summed E-state index contributed by atoms with van der Waals surface area (Å²) in [7, 11) is 0. The highest BCUT2D eigenvalue weighted by atomic mass is 16.2. The third kappa shape index (κ3) is 1.82. The second-order valence-electron chi connectivity index (χ2n) is 3.48. The molecular weight excluding hydrogens is 204 g/mol. The van der Waals surface area contributed by atoms with Crippen LogP contribution in [0.5, 0.6) is 0 Å². The molecule has 0 aliphatic rings. The van der Waals surface area contributed by atoms with Crippen molar-refractivity contribution in [3.8, 4) is 0 Å². The van der Waals surface area contributed by atoms with Crippen LogP contribution in [-0.2, 0) is 4.79 Å². The molecule has 1 amide bonds. The molecule has 0 radical (unpaired) electrons. The van der Waals surface area contributed by atoms with Crippen molar-refractivity contribution in [1.29, 1.82) is 0 Å². The van der Waals surface area contributed by atoms with Gasteiger partial charge in [0.25, 0.3) is 0 Å². The van der Waals surface area contributed by atoms with Crippen LogP contribution in [0.1, 0.15) is 13.3 Å². The molecule has 1 aromatic carbocycles. The van der Waals surface area contributed by atoms with E-state index >= 15 is 0 Å². The fraction of sp³-hybridized carbons (Fsp3) is 0.167. The van der Waals surface area contributed by atoms with Gasteiger partial charge in [0, 0.05) is 23.5 Å². The van der Waals surface area contributed by atoms with Gasteiger partial charge in [-0.2, -0.15) is 0 Å². The van der Waals surface area contributed by atoms with Gasteiger partial charge < -0.3 is 10.3 Å². The minimum atomic E-state index is -0.166. The van der Waals surface area contributed by atoms with Gasteiger partial charge in [0.1, 0.15) is 5.69 Å². The van der Waals surface area contributed by atoms with E-state index in [1.807, 2.05) is 12.1 Å². The maximum Gasteiger partial charge on any atom is 0.224 e. The number of para-hydroxylation sites is 1. The van der Waals surface area contributed by atoms with Gasteiger partial charge in [-0.1, -0.05) is 19.1 Å². The van der Waals surface area contributed by atoms with Crippen LogP contribution in [0.3, 0.4) is 0 Å². The highest BCUT2D eigenvalue weighted by molar-refractivity contribution is 5.92. The molecule has 4 nitrogen and oxygen atoms in total. The Hall–Kier alpha value is -2.10. The molecule has 1 heterocycles. The van der Waals surface area contributed by atoms with E-state index in [4.69, 9.17) is 0 Å². The zero-order chi connectivity index (χ0) is 11.5. The number of rotatable bonds is 2. The minimum Gasteiger partial charge on any atom is -0.359 e. The number of aromatic nitrogens is 1. The first-order chi connectivity index (χ1) is 7.72. The number of fused-ring (bicyclic) bond motifs is 1. The number of anilines is 1. The maximum atomic E-state index is 11.9. The Labute approximate surface area is 92.3 Å². The van der Waals surface area contributed by atoms with Gasteiger partial charge in [0.15, 0.2) is 0 Å². The van der Waals surface area contributed by atoms with Crippen molar-refractivity contribution >= 4 is 22.5 Å². The third-order valence-corrected chi connectivity index (χ3v) is 2.38. The highest BCUT2D eigenvalue weighted by Gasteiger charge is 2.06. The van der Waals surface area contributed by atoms with E-state index in [1.54, 1.807) is 19.1 Å². The Balaban J connectivity index is 2.53. The molecule has 0 saturated carbocycles. The average Bonchev–Trinajstić information content (AvgIpc) is 2.33. The Bertz CT molecular complexity index is 587. The number of nitrogens with one attached hydrogen (secondary N) is 2. The quantitative estimate of drug-likeness (QED) is 0.805. The first-order valence-corrected chi connectivity index (χ1v) is 5.12. The predicted molar refractivity (Wildman–Crippen MR) is 63.5 cm³/mol. The van der Waals surface area contributed by atoms with Crippen molar-refractivity contribution < 1.29 is 4.79 Å². The van der Waals surface area contributed by atoms with E-state index in [9.17, 15) is 9.59 Å². The lowest BCUT2D eigenvalue weighted by Crippen LogP contribution is -2.17. The molecule has 2 rings (SSSR count). The summed E-state index contributed by atoms with van der Waals surface area (Å²) in [4.78, 5) is 26.1. The lowest BCUT2D eigenvalue weighted by Gasteiger charge is -2.04. The number of aromatic amines is 1. The second kappa shape index (κ2) is 4.18. The molecule has 0 unspecified atom stereocenters. The summed E-state index contributed by atoms with van der Waals surface area (Å²) in [6.07, 6.45) is 1.88. The number of pyridine rings is 1. The van der Waals surface area contributed by atoms with E-state index < -0.39 is 0 Å². The molecule has 2 aromatic rings. The SMILES string of the molecule is CCC(=O)Nc1c[nH]c2ccccc2c1=O. The topological polar surface area (TPSA) is 62.0 Å². The number of hydrogen-bond donors (Lipinski definition) is 2. The number of benzene rings is 1. The summed E-state index contributed by atoms with van der Waals surface area (Å²) in [5.74, 6) is -0.166. The number of H-pyrrole nitrogens is 1. The summed E-state index contributed by atoms with van der Waals surface area (Å²) in [5, 5.41) is 3.15. The average molecular weight is 216 g/mol. The fourth-order valence-corrected chi connectivity index (χ4v) is 1.50. The van der Waals surface area contributed by atoms with Crippen LogP contribution in [0.15, 0.2) is 35.3 Å². The van der Waals surface area contributed by atoms with Crippen LogP contribution < -0.4 is 10.7 Å². The Morgan fingerprint density at radius 2 is 2.12 bits per heavy atom. The molecule has 4 heteroatoms. The Kier molecular flexibility index (Phi) is 2.72. The van der Waals surface area contributed by atoms with E-state index in [2.05, 4.69) is 10.3 Å². The summed E-state index contributed by atoms with van der Waals surface area (Å²) < 4.78 is 0. The summed E-state index contributed by atoms with van der Waals surface area (Å²) in [6, 6.07) is 7.20. The zero-order valence-corrected chi connectivity index (χ0v) is 8.91. The van der Waals surface area contributed by atoms with Crippen LogP contribution in [-0.4, -0.2) is 10.9 Å². The lowest BCUT2D eigenvalue weighted by molar-refractivity contribution is -0.115. The van der Waals surface area contributed by atoms with Crippen molar-refractivity contribution in [1.82, 2.24) is 4.98 Å². The van der Waals surface area contributed by atoms with Gasteiger partial charge in [0.05, 0.1) is 0 Å². The smallest absolute Gasteiger partial charge is 0.224 e. The van der Waals surface area contributed by atoms with Crippen molar-refractivity contribution in [2.75, 3.05) is 5.32 Å². The number of carbonyl (C=O) groups is 1. The Morgan fingerprint density at radius 3 is 2.88 bits per heavy atom.